The lowest BCUT2D eigenvalue weighted by Gasteiger charge is -2.23. The SMILES string of the molecule is CC(C)(C)OC(=O)NCc1cccc(C(=O)NC2CCNCC2)c1. The molecule has 0 saturated carbocycles. The molecule has 0 bridgehead atoms. The molecule has 1 aromatic carbocycles. The molecule has 1 saturated heterocycles. The van der Waals surface area contributed by atoms with Crippen molar-refractivity contribution in [2.24, 2.45) is 0 Å². The van der Waals surface area contributed by atoms with E-state index in [4.69, 9.17) is 4.74 Å². The Morgan fingerprint density at radius 3 is 2.62 bits per heavy atom. The summed E-state index contributed by atoms with van der Waals surface area (Å²) in [6.07, 6.45) is 1.43. The zero-order chi connectivity index (χ0) is 17.6. The van der Waals surface area contributed by atoms with Crippen LogP contribution in [0.5, 0.6) is 0 Å². The Morgan fingerprint density at radius 2 is 1.96 bits per heavy atom. The summed E-state index contributed by atoms with van der Waals surface area (Å²) in [5.74, 6) is -0.0685. The molecule has 2 amide bonds. The summed E-state index contributed by atoms with van der Waals surface area (Å²) in [4.78, 5) is 24.0. The van der Waals surface area contributed by atoms with Crippen molar-refractivity contribution < 1.29 is 14.3 Å². The van der Waals surface area contributed by atoms with Gasteiger partial charge in [-0.05, 0) is 64.4 Å². The monoisotopic (exact) mass is 333 g/mol. The molecule has 6 heteroatoms. The van der Waals surface area contributed by atoms with Crippen LogP contribution in [0.15, 0.2) is 24.3 Å². The highest BCUT2D eigenvalue weighted by Gasteiger charge is 2.17. The smallest absolute Gasteiger partial charge is 0.407 e. The van der Waals surface area contributed by atoms with Gasteiger partial charge in [0.15, 0.2) is 0 Å². The largest absolute Gasteiger partial charge is 0.444 e. The van der Waals surface area contributed by atoms with E-state index in [0.29, 0.717) is 12.1 Å². The zero-order valence-electron chi connectivity index (χ0n) is 14.6. The van der Waals surface area contributed by atoms with E-state index in [9.17, 15) is 9.59 Å². The summed E-state index contributed by atoms with van der Waals surface area (Å²) >= 11 is 0. The molecule has 0 radical (unpaired) electrons. The second-order valence-corrected chi connectivity index (χ2v) is 7.05. The van der Waals surface area contributed by atoms with E-state index < -0.39 is 11.7 Å². The van der Waals surface area contributed by atoms with Crippen molar-refractivity contribution in [1.29, 1.82) is 0 Å². The van der Waals surface area contributed by atoms with Gasteiger partial charge in [0.05, 0.1) is 0 Å². The number of alkyl carbamates (subject to hydrolysis) is 1. The minimum atomic E-state index is -0.527. The van der Waals surface area contributed by atoms with E-state index in [0.717, 1.165) is 31.5 Å². The van der Waals surface area contributed by atoms with Crippen LogP contribution in [0.1, 0.15) is 49.5 Å². The average Bonchev–Trinajstić information content (AvgIpc) is 2.52. The summed E-state index contributed by atoms with van der Waals surface area (Å²) in [6, 6.07) is 7.51. The Balaban J connectivity index is 1.88. The number of ether oxygens (including phenoxy) is 1. The number of piperidine rings is 1. The van der Waals surface area contributed by atoms with E-state index in [1.165, 1.54) is 0 Å². The normalized spacial score (nSPS) is 15.6. The highest BCUT2D eigenvalue weighted by Crippen LogP contribution is 2.10. The summed E-state index contributed by atoms with van der Waals surface area (Å²) in [7, 11) is 0. The van der Waals surface area contributed by atoms with Crippen molar-refractivity contribution in [3.63, 3.8) is 0 Å². The lowest BCUT2D eigenvalue weighted by atomic mass is 10.1. The number of carbonyl (C=O) groups is 2. The minimum Gasteiger partial charge on any atom is -0.444 e. The van der Waals surface area contributed by atoms with Crippen molar-refractivity contribution in [1.82, 2.24) is 16.0 Å². The van der Waals surface area contributed by atoms with Gasteiger partial charge in [-0.3, -0.25) is 4.79 Å². The second-order valence-electron chi connectivity index (χ2n) is 7.05. The molecule has 1 aliphatic rings. The van der Waals surface area contributed by atoms with Crippen molar-refractivity contribution in [2.45, 2.75) is 51.8 Å². The first kappa shape index (κ1) is 18.3. The maximum absolute atomic E-state index is 12.3. The van der Waals surface area contributed by atoms with Crippen LogP contribution < -0.4 is 16.0 Å². The number of hydrogen-bond acceptors (Lipinski definition) is 4. The van der Waals surface area contributed by atoms with E-state index in [-0.39, 0.29) is 11.9 Å². The molecule has 1 aliphatic heterocycles. The molecule has 0 spiro atoms. The van der Waals surface area contributed by atoms with E-state index >= 15 is 0 Å². The third-order valence-electron chi connectivity index (χ3n) is 3.70. The van der Waals surface area contributed by atoms with Crippen LogP contribution in [0.25, 0.3) is 0 Å². The first-order chi connectivity index (χ1) is 11.3. The Labute approximate surface area is 143 Å². The molecule has 1 fully saturated rings. The van der Waals surface area contributed by atoms with Gasteiger partial charge in [-0.2, -0.15) is 0 Å². The number of rotatable bonds is 4. The summed E-state index contributed by atoms with van der Waals surface area (Å²) in [6.45, 7) is 7.65. The third kappa shape index (κ3) is 6.20. The number of nitrogens with one attached hydrogen (secondary N) is 3. The maximum Gasteiger partial charge on any atom is 0.407 e. The molecular formula is C18H27N3O3. The van der Waals surface area contributed by atoms with Crippen LogP contribution in [0.3, 0.4) is 0 Å². The second kappa shape index (κ2) is 8.15. The van der Waals surface area contributed by atoms with Gasteiger partial charge in [0.2, 0.25) is 0 Å². The van der Waals surface area contributed by atoms with Crippen molar-refractivity contribution in [3.05, 3.63) is 35.4 Å². The fraction of sp³-hybridized carbons (Fsp3) is 0.556. The molecule has 1 aromatic rings. The Hall–Kier alpha value is -2.08. The molecule has 24 heavy (non-hydrogen) atoms. The molecular weight excluding hydrogens is 306 g/mol. The zero-order valence-corrected chi connectivity index (χ0v) is 14.6. The van der Waals surface area contributed by atoms with Crippen LogP contribution in [0, 0.1) is 0 Å². The van der Waals surface area contributed by atoms with Gasteiger partial charge < -0.3 is 20.7 Å². The molecule has 0 aliphatic carbocycles. The van der Waals surface area contributed by atoms with Gasteiger partial charge >= 0.3 is 6.09 Å². The summed E-state index contributed by atoms with van der Waals surface area (Å²) < 4.78 is 5.20. The van der Waals surface area contributed by atoms with Crippen LogP contribution in [0.4, 0.5) is 4.79 Å². The van der Waals surface area contributed by atoms with E-state index in [1.54, 1.807) is 12.1 Å². The molecule has 0 atom stereocenters. The standard InChI is InChI=1S/C18H27N3O3/c1-18(2,3)24-17(23)20-12-13-5-4-6-14(11-13)16(22)21-15-7-9-19-10-8-15/h4-6,11,15,19H,7-10,12H2,1-3H3,(H,20,23)(H,21,22). The van der Waals surface area contributed by atoms with Gasteiger partial charge in [-0.1, -0.05) is 12.1 Å². The van der Waals surface area contributed by atoms with Crippen LogP contribution in [0.2, 0.25) is 0 Å². The fourth-order valence-electron chi connectivity index (χ4n) is 2.55. The molecule has 132 valence electrons. The summed E-state index contributed by atoms with van der Waals surface area (Å²) in [5.41, 5.74) is 0.941. The maximum atomic E-state index is 12.3. The van der Waals surface area contributed by atoms with Crippen molar-refractivity contribution >= 4 is 12.0 Å². The minimum absolute atomic E-state index is 0.0685. The average molecular weight is 333 g/mol. The lowest BCUT2D eigenvalue weighted by Crippen LogP contribution is -2.42. The first-order valence-electron chi connectivity index (χ1n) is 8.41. The molecule has 2 rings (SSSR count). The quantitative estimate of drug-likeness (QED) is 0.789. The molecule has 6 nitrogen and oxygen atoms in total. The van der Waals surface area contributed by atoms with E-state index in [1.807, 2.05) is 32.9 Å². The predicted molar refractivity (Wildman–Crippen MR) is 92.9 cm³/mol. The van der Waals surface area contributed by atoms with Gasteiger partial charge in [-0.15, -0.1) is 0 Å². The highest BCUT2D eigenvalue weighted by atomic mass is 16.6. The molecule has 0 unspecified atom stereocenters. The van der Waals surface area contributed by atoms with Gasteiger partial charge in [0.1, 0.15) is 5.60 Å². The molecule has 3 N–H and O–H groups in total. The number of benzene rings is 1. The third-order valence-corrected chi connectivity index (χ3v) is 3.70. The topological polar surface area (TPSA) is 79.5 Å². The Bertz CT molecular complexity index is 575. The van der Waals surface area contributed by atoms with Gasteiger partial charge in [-0.25, -0.2) is 4.79 Å². The number of amides is 2. The number of hydrogen-bond donors (Lipinski definition) is 3. The fourth-order valence-corrected chi connectivity index (χ4v) is 2.55. The Kier molecular flexibility index (Phi) is 6.20. The van der Waals surface area contributed by atoms with Crippen molar-refractivity contribution in [3.8, 4) is 0 Å². The van der Waals surface area contributed by atoms with Crippen LogP contribution in [-0.4, -0.2) is 36.7 Å². The lowest BCUT2D eigenvalue weighted by molar-refractivity contribution is 0.0523. The predicted octanol–water partition coefficient (Wildman–Crippen LogP) is 2.19. The molecule has 1 heterocycles. The Morgan fingerprint density at radius 1 is 1.25 bits per heavy atom. The van der Waals surface area contributed by atoms with Crippen LogP contribution in [-0.2, 0) is 11.3 Å². The molecule has 0 aromatic heterocycles. The highest BCUT2D eigenvalue weighted by molar-refractivity contribution is 5.94. The van der Waals surface area contributed by atoms with Gasteiger partial charge in [0.25, 0.3) is 5.91 Å². The van der Waals surface area contributed by atoms with E-state index in [2.05, 4.69) is 16.0 Å². The summed E-state index contributed by atoms with van der Waals surface area (Å²) in [5, 5.41) is 9.05. The first-order valence-corrected chi connectivity index (χ1v) is 8.41. The number of carbonyl (C=O) groups excluding carboxylic acids is 2. The van der Waals surface area contributed by atoms with Crippen molar-refractivity contribution in [2.75, 3.05) is 13.1 Å². The van der Waals surface area contributed by atoms with Crippen LogP contribution >= 0.6 is 0 Å². The van der Waals surface area contributed by atoms with Gasteiger partial charge in [0, 0.05) is 18.2 Å².